The van der Waals surface area contributed by atoms with E-state index in [-0.39, 0.29) is 5.69 Å². The fourth-order valence-electron chi connectivity index (χ4n) is 1.97. The summed E-state index contributed by atoms with van der Waals surface area (Å²) in [5.74, 6) is 0.579. The minimum Gasteiger partial charge on any atom is -0.220 e. The predicted molar refractivity (Wildman–Crippen MR) is 69.6 cm³/mol. The Labute approximate surface area is 115 Å². The van der Waals surface area contributed by atoms with Crippen molar-refractivity contribution in [2.45, 2.75) is 38.8 Å². The molecular formula is C14H16F3N3. The van der Waals surface area contributed by atoms with E-state index in [9.17, 15) is 13.2 Å². The molecule has 2 aromatic rings. The quantitative estimate of drug-likeness (QED) is 0.776. The number of benzene rings is 1. The summed E-state index contributed by atoms with van der Waals surface area (Å²) in [7, 11) is 0. The number of para-hydroxylation sites is 1. The molecule has 0 aliphatic heterocycles. The summed E-state index contributed by atoms with van der Waals surface area (Å²) in [5, 5.41) is 4.13. The first-order chi connectivity index (χ1) is 9.52. The first kappa shape index (κ1) is 14.6. The normalized spacial score (nSPS) is 11.8. The minimum atomic E-state index is -4.40. The maximum atomic E-state index is 12.9. The maximum Gasteiger partial charge on any atom is 0.418 e. The molecule has 0 saturated heterocycles. The molecule has 1 aromatic carbocycles. The van der Waals surface area contributed by atoms with Crippen LogP contribution in [0.1, 0.15) is 37.6 Å². The summed E-state index contributed by atoms with van der Waals surface area (Å²) >= 11 is 0. The summed E-state index contributed by atoms with van der Waals surface area (Å²) in [6.45, 7) is 2.09. The monoisotopic (exact) mass is 283 g/mol. The van der Waals surface area contributed by atoms with Crippen molar-refractivity contribution in [3.05, 3.63) is 42.0 Å². The van der Waals surface area contributed by atoms with Crippen LogP contribution in [0.25, 0.3) is 5.69 Å². The predicted octanol–water partition coefficient (Wildman–Crippen LogP) is 4.02. The minimum absolute atomic E-state index is 0.00856. The molecule has 0 radical (unpaired) electrons. The van der Waals surface area contributed by atoms with Gasteiger partial charge in [0.2, 0.25) is 0 Å². The van der Waals surface area contributed by atoms with Crippen molar-refractivity contribution in [3.63, 3.8) is 0 Å². The van der Waals surface area contributed by atoms with E-state index in [0.717, 1.165) is 25.3 Å². The van der Waals surface area contributed by atoms with Gasteiger partial charge >= 0.3 is 6.18 Å². The zero-order valence-corrected chi connectivity index (χ0v) is 11.2. The molecule has 0 fully saturated rings. The number of hydrogen-bond donors (Lipinski definition) is 0. The van der Waals surface area contributed by atoms with Crippen LogP contribution in [0.4, 0.5) is 13.2 Å². The second-order valence-electron chi connectivity index (χ2n) is 4.58. The van der Waals surface area contributed by atoms with Crippen LogP contribution >= 0.6 is 0 Å². The van der Waals surface area contributed by atoms with Gasteiger partial charge in [0.15, 0.2) is 5.82 Å². The van der Waals surface area contributed by atoms with Crippen LogP contribution in [0.15, 0.2) is 30.6 Å². The highest BCUT2D eigenvalue weighted by Gasteiger charge is 2.33. The highest BCUT2D eigenvalue weighted by Crippen LogP contribution is 2.33. The van der Waals surface area contributed by atoms with Crippen molar-refractivity contribution in [2.24, 2.45) is 0 Å². The molecule has 20 heavy (non-hydrogen) atoms. The van der Waals surface area contributed by atoms with Gasteiger partial charge < -0.3 is 0 Å². The van der Waals surface area contributed by atoms with E-state index in [4.69, 9.17) is 0 Å². The lowest BCUT2D eigenvalue weighted by Crippen LogP contribution is -2.11. The lowest BCUT2D eigenvalue weighted by atomic mass is 10.2. The van der Waals surface area contributed by atoms with Crippen LogP contribution in [0.5, 0.6) is 0 Å². The van der Waals surface area contributed by atoms with E-state index in [2.05, 4.69) is 17.0 Å². The second kappa shape index (κ2) is 6.07. The van der Waals surface area contributed by atoms with E-state index < -0.39 is 11.7 Å². The van der Waals surface area contributed by atoms with Gasteiger partial charge in [0.05, 0.1) is 11.3 Å². The number of alkyl halides is 3. The fourth-order valence-corrected chi connectivity index (χ4v) is 1.97. The first-order valence-corrected chi connectivity index (χ1v) is 6.59. The van der Waals surface area contributed by atoms with Crippen LogP contribution in [0.2, 0.25) is 0 Å². The summed E-state index contributed by atoms with van der Waals surface area (Å²) in [6.07, 6.45) is 0.721. The smallest absolute Gasteiger partial charge is 0.220 e. The zero-order valence-electron chi connectivity index (χ0n) is 11.2. The average molecular weight is 283 g/mol. The highest BCUT2D eigenvalue weighted by atomic mass is 19.4. The Hall–Kier alpha value is -1.85. The lowest BCUT2D eigenvalue weighted by molar-refractivity contribution is -0.137. The van der Waals surface area contributed by atoms with E-state index in [1.54, 1.807) is 6.07 Å². The van der Waals surface area contributed by atoms with Gasteiger partial charge in [-0.15, -0.1) is 0 Å². The van der Waals surface area contributed by atoms with Crippen molar-refractivity contribution < 1.29 is 13.2 Å². The van der Waals surface area contributed by atoms with Crippen LogP contribution in [-0.4, -0.2) is 14.8 Å². The first-order valence-electron chi connectivity index (χ1n) is 6.59. The number of halogens is 3. The largest absolute Gasteiger partial charge is 0.418 e. The third-order valence-electron chi connectivity index (χ3n) is 3.00. The number of aromatic nitrogens is 3. The molecule has 108 valence electrons. The fraction of sp³-hybridized carbons (Fsp3) is 0.429. The summed E-state index contributed by atoms with van der Waals surface area (Å²) < 4.78 is 40.0. The molecule has 0 N–H and O–H groups in total. The Bertz CT molecular complexity index is 561. The molecule has 0 amide bonds. The molecule has 2 rings (SSSR count). The number of hydrogen-bond acceptors (Lipinski definition) is 2. The van der Waals surface area contributed by atoms with Crippen LogP contribution in [-0.2, 0) is 12.6 Å². The molecule has 0 spiro atoms. The van der Waals surface area contributed by atoms with Crippen LogP contribution in [0, 0.1) is 0 Å². The Balaban J connectivity index is 2.24. The topological polar surface area (TPSA) is 30.7 Å². The molecule has 1 aromatic heterocycles. The van der Waals surface area contributed by atoms with E-state index >= 15 is 0 Å². The number of unbranched alkanes of at least 4 members (excludes halogenated alkanes) is 2. The van der Waals surface area contributed by atoms with Gasteiger partial charge in [-0.05, 0) is 18.6 Å². The van der Waals surface area contributed by atoms with Gasteiger partial charge in [-0.25, -0.2) is 9.67 Å². The van der Waals surface area contributed by atoms with Crippen LogP contribution in [0.3, 0.4) is 0 Å². The Morgan fingerprint density at radius 3 is 2.60 bits per heavy atom. The van der Waals surface area contributed by atoms with E-state index in [0.29, 0.717) is 12.2 Å². The summed E-state index contributed by atoms with van der Waals surface area (Å²) in [6, 6.07) is 5.37. The summed E-state index contributed by atoms with van der Waals surface area (Å²) in [5.41, 5.74) is -0.695. The molecule has 6 heteroatoms. The number of rotatable bonds is 5. The van der Waals surface area contributed by atoms with E-state index in [1.807, 2.05) is 0 Å². The van der Waals surface area contributed by atoms with Crippen LogP contribution < -0.4 is 0 Å². The molecular weight excluding hydrogens is 267 g/mol. The molecule has 0 aliphatic rings. The van der Waals surface area contributed by atoms with Crippen molar-refractivity contribution >= 4 is 0 Å². The highest BCUT2D eigenvalue weighted by molar-refractivity contribution is 5.41. The van der Waals surface area contributed by atoms with Crippen molar-refractivity contribution in [3.8, 4) is 5.69 Å². The van der Waals surface area contributed by atoms with Gasteiger partial charge in [0.1, 0.15) is 6.33 Å². The summed E-state index contributed by atoms with van der Waals surface area (Å²) in [4.78, 5) is 4.07. The molecule has 0 atom stereocenters. The number of aryl methyl sites for hydroxylation is 1. The average Bonchev–Trinajstić information content (AvgIpc) is 2.87. The standard InChI is InChI=1S/C14H16F3N3/c1-2-3-4-9-13-18-10-20(19-13)12-8-6-5-7-11(12)14(15,16)17/h5-8,10H,2-4,9H2,1H3. The molecule has 0 saturated carbocycles. The van der Waals surface area contributed by atoms with Crippen molar-refractivity contribution in [1.82, 2.24) is 14.8 Å². The molecule has 0 aliphatic carbocycles. The molecule has 3 nitrogen and oxygen atoms in total. The molecule has 0 bridgehead atoms. The number of nitrogens with zero attached hydrogens (tertiary/aromatic N) is 3. The van der Waals surface area contributed by atoms with Gasteiger partial charge in [-0.1, -0.05) is 31.9 Å². The van der Waals surface area contributed by atoms with Gasteiger partial charge in [0.25, 0.3) is 0 Å². The third-order valence-corrected chi connectivity index (χ3v) is 3.00. The zero-order chi connectivity index (χ0) is 14.6. The van der Waals surface area contributed by atoms with Gasteiger partial charge in [-0.3, -0.25) is 0 Å². The van der Waals surface area contributed by atoms with E-state index in [1.165, 1.54) is 23.1 Å². The third kappa shape index (κ3) is 3.37. The van der Waals surface area contributed by atoms with Gasteiger partial charge in [0, 0.05) is 6.42 Å². The van der Waals surface area contributed by atoms with Crippen molar-refractivity contribution in [2.75, 3.05) is 0 Å². The lowest BCUT2D eigenvalue weighted by Gasteiger charge is -2.11. The Morgan fingerprint density at radius 2 is 1.90 bits per heavy atom. The maximum absolute atomic E-state index is 12.9. The Morgan fingerprint density at radius 1 is 1.15 bits per heavy atom. The molecule has 0 unspecified atom stereocenters. The van der Waals surface area contributed by atoms with Crippen molar-refractivity contribution in [1.29, 1.82) is 0 Å². The second-order valence-corrected chi connectivity index (χ2v) is 4.58. The molecule has 1 heterocycles. The SMILES string of the molecule is CCCCCc1ncn(-c2ccccc2C(F)(F)F)n1. The van der Waals surface area contributed by atoms with Gasteiger partial charge in [-0.2, -0.15) is 18.3 Å². The Kier molecular flexibility index (Phi) is 4.42.